The number of hydrogen-bond donors (Lipinski definition) is 1. The van der Waals surface area contributed by atoms with E-state index in [4.69, 9.17) is 18.6 Å². The van der Waals surface area contributed by atoms with E-state index in [-0.39, 0.29) is 13.5 Å². The second kappa shape index (κ2) is 10.9. The Morgan fingerprint density at radius 2 is 1.24 bits per heavy atom. The van der Waals surface area contributed by atoms with E-state index in [1.807, 2.05) is 0 Å². The van der Waals surface area contributed by atoms with Gasteiger partial charge in [-0.3, -0.25) is 0 Å². The Balaban J connectivity index is 0.00000134. The number of aliphatic hydroxyl groups excluding tert-OH is 1. The second-order valence-electron chi connectivity index (χ2n) is 9.51. The number of hydrogen-bond acceptors (Lipinski definition) is 1. The average molecular weight is 444 g/mol. The van der Waals surface area contributed by atoms with Crippen LogP contribution in [0.2, 0.25) is 24.2 Å². The van der Waals surface area contributed by atoms with Crippen molar-refractivity contribution in [3.8, 4) is 0 Å². The molecule has 8 atom stereocenters. The maximum atomic E-state index is 10.9. The molecule has 2 fully saturated rings. The van der Waals surface area contributed by atoms with Crippen LogP contribution >= 0.6 is 18.6 Å². The zero-order valence-corrected chi connectivity index (χ0v) is 21.9. The van der Waals surface area contributed by atoms with Crippen molar-refractivity contribution in [2.24, 2.45) is 35.5 Å². The Bertz CT molecular complexity index is 382. The van der Waals surface area contributed by atoms with Crippen LogP contribution in [0.3, 0.4) is 0 Å². The van der Waals surface area contributed by atoms with Crippen LogP contribution in [-0.2, 0) is 17.0 Å². The molecule has 0 bridgehead atoms. The topological polar surface area (TPSA) is 20.2 Å². The van der Waals surface area contributed by atoms with Crippen molar-refractivity contribution < 1.29 is 22.1 Å². The molecule has 0 aliphatic heterocycles. The van der Waals surface area contributed by atoms with Crippen molar-refractivity contribution in [1.82, 2.24) is 0 Å². The summed E-state index contributed by atoms with van der Waals surface area (Å²) in [7, 11) is 8.30. The van der Waals surface area contributed by atoms with Crippen LogP contribution in [0.25, 0.3) is 0 Å². The molecular weight excluding hydrogens is 403 g/mol. The molecule has 25 heavy (non-hydrogen) atoms. The van der Waals surface area contributed by atoms with Gasteiger partial charge in [0, 0.05) is 0 Å². The first kappa shape index (κ1) is 26.5. The van der Waals surface area contributed by atoms with E-state index in [1.54, 1.807) is 0 Å². The van der Waals surface area contributed by atoms with E-state index in [1.165, 1.54) is 12.8 Å². The average Bonchev–Trinajstić information content (AvgIpc) is 2.67. The van der Waals surface area contributed by atoms with Gasteiger partial charge in [-0.05, 0) is 59.4 Å². The predicted molar refractivity (Wildman–Crippen MR) is 113 cm³/mol. The molecule has 0 aromatic heterocycles. The minimum atomic E-state index is -1.48. The van der Waals surface area contributed by atoms with E-state index >= 15 is 0 Å². The summed E-state index contributed by atoms with van der Waals surface area (Å²) in [5, 5.41) is 10.9. The molecule has 0 saturated heterocycles. The predicted octanol–water partition coefficient (Wildman–Crippen LogP) is 7.25. The van der Waals surface area contributed by atoms with Crippen molar-refractivity contribution in [2.45, 2.75) is 84.7 Å². The van der Waals surface area contributed by atoms with E-state index in [0.29, 0.717) is 11.5 Å². The summed E-state index contributed by atoms with van der Waals surface area (Å²) in [6.45, 7) is 19.7. The molecule has 2 aliphatic carbocycles. The summed E-state index contributed by atoms with van der Waals surface area (Å²) in [5.41, 5.74) is 1.48. The van der Waals surface area contributed by atoms with Crippen LogP contribution < -0.4 is 0 Å². The zero-order valence-electron chi connectivity index (χ0n) is 17.8. The standard InChI is InChI=1S/C19H38OSi.CH3.2ClH.Ti/c1-11-9-12(2)18(20)17(10-11)21(7,8)19-15(5)13(3)14(4)16(19)6;;;;/h11-20H,9-10H2,1-8H3;1H3;2*1H;/q;-1;;;+2/p-2. The number of halogens is 2. The normalized spacial score (nSPS) is 44.4. The molecule has 150 valence electrons. The van der Waals surface area contributed by atoms with Crippen LogP contribution in [0, 0.1) is 42.9 Å². The summed E-state index contributed by atoms with van der Waals surface area (Å²) < 4.78 is 0. The van der Waals surface area contributed by atoms with E-state index in [0.717, 1.165) is 35.1 Å². The van der Waals surface area contributed by atoms with Crippen LogP contribution in [-0.4, -0.2) is 19.3 Å². The Kier molecular flexibility index (Phi) is 11.5. The van der Waals surface area contributed by atoms with Crippen LogP contribution in [0.1, 0.15) is 54.4 Å². The molecule has 1 nitrogen and oxygen atoms in total. The molecular formula is C20H41Cl2OSiTi-. The van der Waals surface area contributed by atoms with Crippen LogP contribution in [0.5, 0.6) is 0 Å². The Hall–Kier alpha value is 1.47. The van der Waals surface area contributed by atoms with E-state index in [9.17, 15) is 5.11 Å². The first-order chi connectivity index (χ1) is 11.0. The van der Waals surface area contributed by atoms with Crippen LogP contribution in [0.15, 0.2) is 0 Å². The fourth-order valence-corrected chi connectivity index (χ4v) is 12.3. The minimum absolute atomic E-state index is 0. The summed E-state index contributed by atoms with van der Waals surface area (Å²) in [5.74, 6) is 4.63. The Labute approximate surface area is 175 Å². The van der Waals surface area contributed by atoms with Gasteiger partial charge in [-0.1, -0.05) is 54.6 Å². The summed E-state index contributed by atoms with van der Waals surface area (Å²) in [4.78, 5) is 0. The van der Waals surface area contributed by atoms with Crippen molar-refractivity contribution in [1.29, 1.82) is 0 Å². The van der Waals surface area contributed by atoms with Gasteiger partial charge in [-0.15, -0.1) is 0 Å². The summed E-state index contributed by atoms with van der Waals surface area (Å²) >= 11 is -0.556. The zero-order chi connectivity index (χ0) is 18.8. The molecule has 1 N–H and O–H groups in total. The van der Waals surface area contributed by atoms with Crippen molar-refractivity contribution in [3.63, 3.8) is 0 Å². The summed E-state index contributed by atoms with van der Waals surface area (Å²) in [6, 6.07) is 0. The van der Waals surface area contributed by atoms with Crippen LogP contribution in [0.4, 0.5) is 0 Å². The van der Waals surface area contributed by atoms with E-state index in [2.05, 4.69) is 54.6 Å². The molecule has 0 aromatic rings. The van der Waals surface area contributed by atoms with Crippen molar-refractivity contribution >= 4 is 26.7 Å². The molecule has 2 rings (SSSR count). The van der Waals surface area contributed by atoms with Gasteiger partial charge in [0.05, 0.1) is 14.2 Å². The fourth-order valence-electron chi connectivity index (χ4n) is 6.28. The van der Waals surface area contributed by atoms with Gasteiger partial charge in [0.1, 0.15) is 0 Å². The third kappa shape index (κ3) is 5.73. The fraction of sp³-hybridized carbons (Fsp3) is 0.950. The second-order valence-corrected chi connectivity index (χ2v) is 17.1. The van der Waals surface area contributed by atoms with E-state index < -0.39 is 25.1 Å². The molecule has 8 unspecified atom stereocenters. The maximum absolute atomic E-state index is 10.9. The summed E-state index contributed by atoms with van der Waals surface area (Å²) in [6.07, 6.45) is 2.43. The third-order valence-corrected chi connectivity index (χ3v) is 13.1. The van der Waals surface area contributed by atoms with Crippen molar-refractivity contribution in [3.05, 3.63) is 7.43 Å². The number of rotatable bonds is 2. The quantitative estimate of drug-likeness (QED) is 0.351. The van der Waals surface area contributed by atoms with Gasteiger partial charge in [0.25, 0.3) is 0 Å². The van der Waals surface area contributed by atoms with Gasteiger partial charge in [-0.25, -0.2) is 0 Å². The molecule has 2 saturated carbocycles. The SMILES string of the molecule is CC1CC(C)C(O)C([Si](C)(C)C2C(C)C(C)C(C)C2C)C1.[CH3-].[Cl][Ti][Cl]. The van der Waals surface area contributed by atoms with Gasteiger partial charge in [0.2, 0.25) is 0 Å². The first-order valence-corrected chi connectivity index (χ1v) is 17.1. The number of aliphatic hydroxyl groups is 1. The van der Waals surface area contributed by atoms with Gasteiger partial charge in [0.15, 0.2) is 0 Å². The monoisotopic (exact) mass is 443 g/mol. The molecule has 0 spiro atoms. The molecule has 2 aliphatic rings. The molecule has 0 amide bonds. The van der Waals surface area contributed by atoms with Crippen molar-refractivity contribution in [2.75, 3.05) is 0 Å². The van der Waals surface area contributed by atoms with Gasteiger partial charge >= 0.3 is 35.6 Å². The third-order valence-electron chi connectivity index (χ3n) is 7.86. The molecule has 0 radical (unpaired) electrons. The molecule has 5 heteroatoms. The molecule has 0 aromatic carbocycles. The van der Waals surface area contributed by atoms with Gasteiger partial charge < -0.3 is 12.5 Å². The first-order valence-electron chi connectivity index (χ1n) is 9.64. The Morgan fingerprint density at radius 3 is 1.64 bits per heavy atom. The van der Waals surface area contributed by atoms with Gasteiger partial charge in [-0.2, -0.15) is 0 Å². The Morgan fingerprint density at radius 1 is 0.840 bits per heavy atom. The molecule has 0 heterocycles.